The number of carbonyl (C=O) groups excluding carboxylic acids is 1. The molecule has 36 heavy (non-hydrogen) atoms. The Bertz CT molecular complexity index is 1630. The normalized spacial score (nSPS) is 13.8. The van der Waals surface area contributed by atoms with Crippen LogP contribution in [0, 0.1) is 18.6 Å². The maximum atomic E-state index is 13.9. The van der Waals surface area contributed by atoms with Gasteiger partial charge in [-0.25, -0.2) is 13.8 Å². The predicted molar refractivity (Wildman–Crippen MR) is 133 cm³/mol. The summed E-state index contributed by atoms with van der Waals surface area (Å²) in [5, 5.41) is 12.8. The molecule has 1 aliphatic heterocycles. The molecule has 6 rings (SSSR count). The number of fused-ring (bicyclic) bond motifs is 4. The lowest BCUT2D eigenvalue weighted by molar-refractivity contribution is 0.112. The maximum absolute atomic E-state index is 13.9. The van der Waals surface area contributed by atoms with Crippen molar-refractivity contribution < 1.29 is 13.6 Å². The molecular weight excluding hydrogens is 462 g/mol. The number of hydrogen-bond acceptors (Lipinski definition) is 6. The molecule has 1 aliphatic rings. The third kappa shape index (κ3) is 3.55. The van der Waals surface area contributed by atoms with Crippen molar-refractivity contribution in [3.8, 4) is 0 Å². The first-order valence-corrected chi connectivity index (χ1v) is 11.6. The number of nitrogens with zero attached hydrogens (tertiary/aromatic N) is 5. The average molecular weight is 485 g/mol. The van der Waals surface area contributed by atoms with E-state index in [9.17, 15) is 13.6 Å². The van der Waals surface area contributed by atoms with E-state index >= 15 is 0 Å². The van der Waals surface area contributed by atoms with Crippen LogP contribution in [0.25, 0.3) is 16.6 Å². The van der Waals surface area contributed by atoms with Crippen LogP contribution in [0.1, 0.15) is 45.6 Å². The first-order valence-electron chi connectivity index (χ1n) is 11.6. The van der Waals surface area contributed by atoms with Crippen molar-refractivity contribution in [2.75, 3.05) is 10.2 Å². The standard InChI is InChI=1S/C27H22F2N6O/c1-15-7-20(16(2)31-24-6-4-3-5-17(24)13-36)25-21(8-15)26-33-30-14-35(26)27(32-25)34-11-18-9-22(28)23(29)10-19(18)12-34/h3-10,13-14,16,31H,11-12H2,1-2H3. The van der Waals surface area contributed by atoms with E-state index in [0.717, 1.165) is 45.1 Å². The summed E-state index contributed by atoms with van der Waals surface area (Å²) in [5.74, 6) is -1.13. The minimum Gasteiger partial charge on any atom is -0.378 e. The van der Waals surface area contributed by atoms with Gasteiger partial charge in [0.25, 0.3) is 0 Å². The third-order valence-electron chi connectivity index (χ3n) is 6.67. The minimum absolute atomic E-state index is 0.182. The smallest absolute Gasteiger partial charge is 0.213 e. The molecule has 0 fully saturated rings. The van der Waals surface area contributed by atoms with Gasteiger partial charge < -0.3 is 10.2 Å². The second kappa shape index (κ2) is 8.37. The van der Waals surface area contributed by atoms with Crippen molar-refractivity contribution in [2.24, 2.45) is 0 Å². The Hall–Kier alpha value is -4.40. The number of aromatic nitrogens is 4. The first kappa shape index (κ1) is 22.1. The van der Waals surface area contributed by atoms with Crippen molar-refractivity contribution in [1.82, 2.24) is 19.6 Å². The molecule has 1 unspecified atom stereocenters. The molecule has 2 aromatic heterocycles. The van der Waals surface area contributed by atoms with Gasteiger partial charge in [0.2, 0.25) is 5.95 Å². The number of benzene rings is 3. The zero-order valence-corrected chi connectivity index (χ0v) is 19.7. The van der Waals surface area contributed by atoms with E-state index in [0.29, 0.717) is 30.2 Å². The summed E-state index contributed by atoms with van der Waals surface area (Å²) in [7, 11) is 0. The van der Waals surface area contributed by atoms with Crippen LogP contribution in [0.5, 0.6) is 0 Å². The second-order valence-electron chi connectivity index (χ2n) is 9.15. The molecule has 180 valence electrons. The maximum Gasteiger partial charge on any atom is 0.213 e. The lowest BCUT2D eigenvalue weighted by Gasteiger charge is -2.22. The number of anilines is 2. The minimum atomic E-state index is -0.857. The molecule has 0 spiro atoms. The number of aldehydes is 1. The SMILES string of the molecule is Cc1cc(C(C)Nc2ccccc2C=O)c2nc(N3Cc4cc(F)c(F)cc4C3)n3cnnc3c2c1. The monoisotopic (exact) mass is 484 g/mol. The molecule has 9 heteroatoms. The molecule has 0 saturated heterocycles. The molecule has 1 N–H and O–H groups in total. The molecule has 3 heterocycles. The van der Waals surface area contributed by atoms with E-state index in [2.05, 4.69) is 21.6 Å². The van der Waals surface area contributed by atoms with E-state index in [1.807, 2.05) is 47.4 Å². The average Bonchev–Trinajstić information content (AvgIpc) is 3.51. The van der Waals surface area contributed by atoms with Crippen LogP contribution in [0.4, 0.5) is 20.4 Å². The van der Waals surface area contributed by atoms with E-state index in [-0.39, 0.29) is 6.04 Å². The van der Waals surface area contributed by atoms with Crippen LogP contribution in [-0.4, -0.2) is 25.9 Å². The number of halogens is 2. The van der Waals surface area contributed by atoms with Gasteiger partial charge in [-0.3, -0.25) is 9.20 Å². The van der Waals surface area contributed by atoms with Crippen LogP contribution >= 0.6 is 0 Å². The summed E-state index contributed by atoms with van der Waals surface area (Å²) < 4.78 is 29.5. The van der Waals surface area contributed by atoms with E-state index in [1.165, 1.54) is 12.1 Å². The molecule has 0 amide bonds. The van der Waals surface area contributed by atoms with Crippen molar-refractivity contribution in [2.45, 2.75) is 33.0 Å². The highest BCUT2D eigenvalue weighted by Crippen LogP contribution is 2.34. The van der Waals surface area contributed by atoms with Crippen LogP contribution in [0.3, 0.4) is 0 Å². The molecule has 0 bridgehead atoms. The number of para-hydroxylation sites is 1. The number of rotatable bonds is 5. The van der Waals surface area contributed by atoms with Gasteiger partial charge in [0, 0.05) is 35.3 Å². The molecule has 0 radical (unpaired) electrons. The lowest BCUT2D eigenvalue weighted by atomic mass is 10.0. The summed E-state index contributed by atoms with van der Waals surface area (Å²) >= 11 is 0. The van der Waals surface area contributed by atoms with Gasteiger partial charge in [-0.05, 0) is 60.9 Å². The Labute approximate surface area is 205 Å². The van der Waals surface area contributed by atoms with Gasteiger partial charge in [-0.2, -0.15) is 0 Å². The van der Waals surface area contributed by atoms with Gasteiger partial charge in [0.15, 0.2) is 23.6 Å². The predicted octanol–water partition coefficient (Wildman–Crippen LogP) is 5.37. The first-order chi connectivity index (χ1) is 17.4. The van der Waals surface area contributed by atoms with Crippen molar-refractivity contribution in [1.29, 1.82) is 0 Å². The fourth-order valence-corrected chi connectivity index (χ4v) is 4.95. The summed E-state index contributed by atoms with van der Waals surface area (Å²) in [4.78, 5) is 18.5. The van der Waals surface area contributed by atoms with Crippen molar-refractivity contribution in [3.05, 3.63) is 94.3 Å². The molecular formula is C27H22F2N6O. The molecule has 0 aliphatic carbocycles. The Kier molecular flexibility index (Phi) is 5.13. The quantitative estimate of drug-likeness (QED) is 0.338. The van der Waals surface area contributed by atoms with E-state index in [1.54, 1.807) is 12.4 Å². The summed E-state index contributed by atoms with van der Waals surface area (Å²) in [5.41, 5.74) is 6.12. The van der Waals surface area contributed by atoms with Crippen molar-refractivity contribution >= 4 is 34.5 Å². The number of nitrogens with one attached hydrogen (secondary N) is 1. The Morgan fingerprint density at radius 1 is 1.06 bits per heavy atom. The summed E-state index contributed by atoms with van der Waals surface area (Å²) in [6.45, 7) is 4.80. The Morgan fingerprint density at radius 2 is 1.78 bits per heavy atom. The highest BCUT2D eigenvalue weighted by molar-refractivity contribution is 5.95. The summed E-state index contributed by atoms with van der Waals surface area (Å²) in [6, 6.07) is 13.7. The zero-order chi connectivity index (χ0) is 25.0. The number of hydrogen-bond donors (Lipinski definition) is 1. The van der Waals surface area contributed by atoms with Crippen molar-refractivity contribution in [3.63, 3.8) is 0 Å². The van der Waals surface area contributed by atoms with Crippen LogP contribution in [0.2, 0.25) is 0 Å². The van der Waals surface area contributed by atoms with Crippen LogP contribution in [-0.2, 0) is 13.1 Å². The summed E-state index contributed by atoms with van der Waals surface area (Å²) in [6.07, 6.45) is 2.43. The zero-order valence-electron chi connectivity index (χ0n) is 19.7. The van der Waals surface area contributed by atoms with E-state index in [4.69, 9.17) is 4.98 Å². The van der Waals surface area contributed by atoms with Gasteiger partial charge >= 0.3 is 0 Å². The molecule has 0 saturated carbocycles. The molecule has 3 aromatic carbocycles. The largest absolute Gasteiger partial charge is 0.378 e. The van der Waals surface area contributed by atoms with E-state index < -0.39 is 11.6 Å². The molecule has 1 atom stereocenters. The van der Waals surface area contributed by atoms with Crippen LogP contribution in [0.15, 0.2) is 54.9 Å². The Morgan fingerprint density at radius 3 is 2.50 bits per heavy atom. The Balaban J connectivity index is 1.48. The molecule has 7 nitrogen and oxygen atoms in total. The third-order valence-corrected chi connectivity index (χ3v) is 6.67. The van der Waals surface area contributed by atoms with Gasteiger partial charge in [0.1, 0.15) is 6.33 Å². The molecule has 5 aromatic rings. The fourth-order valence-electron chi connectivity index (χ4n) is 4.95. The van der Waals surface area contributed by atoms with Gasteiger partial charge in [0.05, 0.1) is 11.6 Å². The van der Waals surface area contributed by atoms with Gasteiger partial charge in [-0.1, -0.05) is 18.2 Å². The van der Waals surface area contributed by atoms with Crippen LogP contribution < -0.4 is 10.2 Å². The highest BCUT2D eigenvalue weighted by atomic mass is 19.2. The topological polar surface area (TPSA) is 75.4 Å². The number of carbonyl (C=O) groups is 1. The highest BCUT2D eigenvalue weighted by Gasteiger charge is 2.26. The van der Waals surface area contributed by atoms with Gasteiger partial charge in [-0.15, -0.1) is 10.2 Å². The lowest BCUT2D eigenvalue weighted by Crippen LogP contribution is -2.20. The number of aryl methyl sites for hydroxylation is 1. The second-order valence-corrected chi connectivity index (χ2v) is 9.15. The fraction of sp³-hybridized carbons (Fsp3) is 0.185.